The van der Waals surface area contributed by atoms with E-state index in [1.54, 1.807) is 11.0 Å². The first-order chi connectivity index (χ1) is 16.2. The molecule has 3 atom stereocenters. The first-order valence-electron chi connectivity index (χ1n) is 11.8. The zero-order chi connectivity index (χ0) is 24.1. The lowest BCUT2D eigenvalue weighted by molar-refractivity contribution is -0.386. The van der Waals surface area contributed by atoms with Crippen LogP contribution in [0.5, 0.6) is 0 Å². The number of likely N-dealkylation sites (tertiary alicyclic amines) is 1. The minimum absolute atomic E-state index is 0.0427. The Morgan fingerprint density at radius 3 is 2.59 bits per heavy atom. The Kier molecular flexibility index (Phi) is 5.50. The molecule has 9 heteroatoms. The summed E-state index contributed by atoms with van der Waals surface area (Å²) >= 11 is 0. The molecule has 1 unspecified atom stereocenters. The smallest absolute Gasteiger partial charge is 0.334 e. The summed E-state index contributed by atoms with van der Waals surface area (Å²) in [4.78, 5) is 53.8. The first kappa shape index (κ1) is 22.3. The van der Waals surface area contributed by atoms with E-state index in [0.29, 0.717) is 38.2 Å². The molecule has 3 aliphatic rings. The number of pyridine rings is 1. The second-order valence-electron chi connectivity index (χ2n) is 10.1. The van der Waals surface area contributed by atoms with Gasteiger partial charge in [-0.05, 0) is 42.4 Å². The Hall–Kier alpha value is -3.49. The third-order valence-electron chi connectivity index (χ3n) is 7.30. The van der Waals surface area contributed by atoms with Crippen molar-refractivity contribution < 1.29 is 14.5 Å². The van der Waals surface area contributed by atoms with Gasteiger partial charge in [0.15, 0.2) is 0 Å². The number of piperidine rings is 1. The molecule has 0 aliphatic carbocycles. The lowest BCUT2D eigenvalue weighted by Gasteiger charge is -2.44. The van der Waals surface area contributed by atoms with Crippen LogP contribution in [0, 0.1) is 22.0 Å². The van der Waals surface area contributed by atoms with E-state index in [-0.39, 0.29) is 29.6 Å². The van der Waals surface area contributed by atoms with Crippen molar-refractivity contribution in [3.8, 4) is 0 Å². The molecule has 2 aromatic rings. The summed E-state index contributed by atoms with van der Waals surface area (Å²) in [6, 6.07) is 9.88. The number of hydrogen-bond donors (Lipinski definition) is 0. The summed E-state index contributed by atoms with van der Waals surface area (Å²) in [5, 5.41) is 11.2. The van der Waals surface area contributed by atoms with Crippen molar-refractivity contribution in [3.05, 3.63) is 73.7 Å². The molecule has 9 nitrogen and oxygen atoms in total. The van der Waals surface area contributed by atoms with Crippen LogP contribution < -0.4 is 5.56 Å². The van der Waals surface area contributed by atoms with Crippen molar-refractivity contribution in [1.82, 2.24) is 14.4 Å². The Morgan fingerprint density at radius 2 is 1.88 bits per heavy atom. The van der Waals surface area contributed by atoms with Crippen molar-refractivity contribution in [3.63, 3.8) is 0 Å². The number of benzene rings is 1. The Labute approximate surface area is 197 Å². The molecule has 178 valence electrons. The van der Waals surface area contributed by atoms with Gasteiger partial charge in [0.2, 0.25) is 5.91 Å². The average molecular weight is 465 g/mol. The highest BCUT2D eigenvalue weighted by molar-refractivity contribution is 6.01. The van der Waals surface area contributed by atoms with Crippen LogP contribution in [0.1, 0.15) is 54.2 Å². The second-order valence-corrected chi connectivity index (χ2v) is 10.1. The monoisotopic (exact) mass is 464 g/mol. The van der Waals surface area contributed by atoms with Crippen LogP contribution in [-0.2, 0) is 17.9 Å². The van der Waals surface area contributed by atoms with Crippen molar-refractivity contribution in [2.45, 2.75) is 51.7 Å². The highest BCUT2D eigenvalue weighted by Crippen LogP contribution is 2.37. The Balaban J connectivity index is 1.41. The quantitative estimate of drug-likeness (QED) is 0.500. The summed E-state index contributed by atoms with van der Waals surface area (Å²) in [7, 11) is 0. The largest absolute Gasteiger partial charge is 0.340 e. The van der Waals surface area contributed by atoms with Crippen LogP contribution in [0.3, 0.4) is 0 Å². The summed E-state index contributed by atoms with van der Waals surface area (Å²) in [6.07, 6.45) is 1.41. The molecule has 0 spiro atoms. The number of amides is 2. The van der Waals surface area contributed by atoms with Crippen molar-refractivity contribution in [1.29, 1.82) is 0 Å². The molecular weight excluding hydrogens is 436 g/mol. The first-order valence-corrected chi connectivity index (χ1v) is 11.8. The van der Waals surface area contributed by atoms with E-state index in [9.17, 15) is 24.5 Å². The molecule has 1 fully saturated rings. The molecule has 5 rings (SSSR count). The number of carbonyl (C=O) groups is 2. The van der Waals surface area contributed by atoms with Gasteiger partial charge in [-0.3, -0.25) is 24.5 Å². The van der Waals surface area contributed by atoms with Crippen molar-refractivity contribution in [2.75, 3.05) is 13.1 Å². The van der Waals surface area contributed by atoms with Crippen LogP contribution in [0.2, 0.25) is 0 Å². The van der Waals surface area contributed by atoms with Crippen molar-refractivity contribution in [2.24, 2.45) is 11.8 Å². The van der Waals surface area contributed by atoms with Gasteiger partial charge in [-0.15, -0.1) is 0 Å². The van der Waals surface area contributed by atoms with E-state index in [0.717, 1.165) is 17.7 Å². The molecule has 2 amide bonds. The highest BCUT2D eigenvalue weighted by atomic mass is 16.6. The minimum atomic E-state index is -0.641. The van der Waals surface area contributed by atoms with Gasteiger partial charge in [0.25, 0.3) is 5.91 Å². The molecule has 3 aliphatic heterocycles. The maximum atomic E-state index is 13.8. The number of fused-ring (bicyclic) bond motifs is 5. The number of hydrogen-bond acceptors (Lipinski definition) is 5. The molecule has 34 heavy (non-hydrogen) atoms. The van der Waals surface area contributed by atoms with Gasteiger partial charge in [0, 0.05) is 49.4 Å². The third-order valence-corrected chi connectivity index (χ3v) is 7.30. The topological polar surface area (TPSA) is 106 Å². The fourth-order valence-corrected chi connectivity index (χ4v) is 5.80. The third kappa shape index (κ3) is 3.69. The number of nitro groups is 1. The zero-order valence-electron chi connectivity index (χ0n) is 19.3. The summed E-state index contributed by atoms with van der Waals surface area (Å²) < 4.78 is 1.52. The van der Waals surface area contributed by atoms with Crippen LogP contribution in [0.25, 0.3) is 0 Å². The standard InChI is InChI=1S/C25H28N4O5/c1-15(2)9-22(28-14-17-5-3-4-6-19(17)23(28)30)24(31)26-11-16-10-18(13-26)20-7-8-21(29(33)34)25(32)27(20)12-16/h3-8,15-16,18,22H,9-14H2,1-2H3/t16-,18?,22-/m0/s1. The molecule has 1 aromatic carbocycles. The molecule has 0 radical (unpaired) electrons. The summed E-state index contributed by atoms with van der Waals surface area (Å²) in [5.41, 5.74) is 1.36. The second kappa shape index (κ2) is 8.38. The van der Waals surface area contributed by atoms with Gasteiger partial charge in [0.05, 0.1) is 4.92 Å². The van der Waals surface area contributed by atoms with Gasteiger partial charge in [0.1, 0.15) is 6.04 Å². The molecule has 1 saturated heterocycles. The maximum Gasteiger partial charge on any atom is 0.334 e. The van der Waals surface area contributed by atoms with E-state index >= 15 is 0 Å². The van der Waals surface area contributed by atoms with Crippen LogP contribution in [-0.4, -0.2) is 50.2 Å². The number of nitrogens with zero attached hydrogens (tertiary/aromatic N) is 4. The normalized spacial score (nSPS) is 21.9. The lowest BCUT2D eigenvalue weighted by atomic mass is 9.82. The Bertz CT molecular complexity index is 1240. The van der Waals surface area contributed by atoms with Gasteiger partial charge in [-0.1, -0.05) is 32.0 Å². The molecule has 4 heterocycles. The average Bonchev–Trinajstić information content (AvgIpc) is 3.13. The predicted molar refractivity (Wildman–Crippen MR) is 124 cm³/mol. The SMILES string of the molecule is CC(C)C[C@@H](C(=O)N1CC2C[C@@H](C1)Cn1c2ccc([N+](=O)[O-])c1=O)N1Cc2ccccc2C1=O. The number of carbonyl (C=O) groups excluding carboxylic acids is 2. The van der Waals surface area contributed by atoms with Crippen LogP contribution >= 0.6 is 0 Å². The predicted octanol–water partition coefficient (Wildman–Crippen LogP) is 2.77. The van der Waals surface area contributed by atoms with Gasteiger partial charge in [-0.2, -0.15) is 0 Å². The van der Waals surface area contributed by atoms with Crippen molar-refractivity contribution >= 4 is 17.5 Å². The Morgan fingerprint density at radius 1 is 1.12 bits per heavy atom. The van der Waals surface area contributed by atoms with E-state index in [1.165, 1.54) is 10.6 Å². The number of aromatic nitrogens is 1. The lowest BCUT2D eigenvalue weighted by Crippen LogP contribution is -2.55. The summed E-state index contributed by atoms with van der Waals surface area (Å²) in [6.45, 7) is 5.81. The van der Waals surface area contributed by atoms with Crippen LogP contribution in [0.15, 0.2) is 41.2 Å². The van der Waals surface area contributed by atoms with Gasteiger partial charge < -0.3 is 14.4 Å². The van der Waals surface area contributed by atoms with E-state index in [2.05, 4.69) is 13.8 Å². The summed E-state index contributed by atoms with van der Waals surface area (Å²) in [5.74, 6) is 0.0603. The maximum absolute atomic E-state index is 13.8. The fourth-order valence-electron chi connectivity index (χ4n) is 5.80. The van der Waals surface area contributed by atoms with E-state index in [1.807, 2.05) is 29.2 Å². The van der Waals surface area contributed by atoms with Gasteiger partial charge in [-0.25, -0.2) is 0 Å². The highest BCUT2D eigenvalue weighted by Gasteiger charge is 2.42. The van der Waals surface area contributed by atoms with Gasteiger partial charge >= 0.3 is 11.2 Å². The number of rotatable bonds is 5. The van der Waals surface area contributed by atoms with Crippen LogP contribution in [0.4, 0.5) is 5.69 Å². The zero-order valence-corrected chi connectivity index (χ0v) is 19.3. The fraction of sp³-hybridized carbons (Fsp3) is 0.480. The van der Waals surface area contributed by atoms with E-state index < -0.39 is 22.2 Å². The van der Waals surface area contributed by atoms with E-state index in [4.69, 9.17) is 0 Å². The minimum Gasteiger partial charge on any atom is -0.340 e. The molecule has 1 aromatic heterocycles. The molecule has 0 N–H and O–H groups in total. The molecular formula is C25H28N4O5. The molecule has 2 bridgehead atoms. The molecule has 0 saturated carbocycles.